The van der Waals surface area contributed by atoms with Crippen LogP contribution in [0.15, 0.2) is 54.6 Å². The summed E-state index contributed by atoms with van der Waals surface area (Å²) in [6, 6.07) is 15.3. The van der Waals surface area contributed by atoms with Crippen molar-refractivity contribution >= 4 is 29.2 Å². The van der Waals surface area contributed by atoms with Crippen molar-refractivity contribution in [2.45, 2.75) is 38.5 Å². The minimum Gasteiger partial charge on any atom is -0.372 e. The van der Waals surface area contributed by atoms with Gasteiger partial charge in [0, 0.05) is 12.2 Å². The fraction of sp³-hybridized carbons (Fsp3) is 0.348. The summed E-state index contributed by atoms with van der Waals surface area (Å²) >= 11 is 0. The summed E-state index contributed by atoms with van der Waals surface area (Å²) in [6.07, 6.45) is -0.205. The topological polar surface area (TPSA) is 79.0 Å². The highest BCUT2D eigenvalue weighted by Gasteiger charge is 2.64. The Morgan fingerprint density at radius 2 is 1.70 bits per heavy atom. The number of para-hydroxylation sites is 2. The van der Waals surface area contributed by atoms with Gasteiger partial charge in [-0.2, -0.15) is 0 Å². The molecule has 2 aromatic rings. The molecule has 0 aromatic heterocycles. The molecular formula is C23H23N3O4. The molecule has 30 heavy (non-hydrogen) atoms. The van der Waals surface area contributed by atoms with E-state index in [0.29, 0.717) is 12.2 Å². The predicted octanol–water partition coefficient (Wildman–Crippen LogP) is 2.49. The van der Waals surface area contributed by atoms with Crippen LogP contribution in [-0.2, 0) is 20.7 Å². The molecule has 2 saturated heterocycles. The van der Waals surface area contributed by atoms with Crippen LogP contribution in [0.2, 0.25) is 0 Å². The lowest BCUT2D eigenvalue weighted by Gasteiger charge is -2.56. The van der Waals surface area contributed by atoms with Gasteiger partial charge >= 0.3 is 6.03 Å². The predicted molar refractivity (Wildman–Crippen MR) is 111 cm³/mol. The van der Waals surface area contributed by atoms with E-state index >= 15 is 0 Å². The Hall–Kier alpha value is -3.19. The fourth-order valence-electron chi connectivity index (χ4n) is 5.27. The number of urea groups is 1. The summed E-state index contributed by atoms with van der Waals surface area (Å²) in [5.41, 5.74) is 0.910. The molecule has 2 aromatic carbocycles. The number of rotatable bonds is 1. The molecule has 3 aliphatic rings. The summed E-state index contributed by atoms with van der Waals surface area (Å²) < 4.78 is 6.09. The Bertz CT molecular complexity index is 1040. The number of hydrogen-bond donors (Lipinski definition) is 1. The first-order chi connectivity index (χ1) is 14.4. The summed E-state index contributed by atoms with van der Waals surface area (Å²) in [5, 5.41) is 2.46. The summed E-state index contributed by atoms with van der Waals surface area (Å²) in [6.45, 7) is 4.44. The van der Waals surface area contributed by atoms with Crippen LogP contribution < -0.4 is 15.1 Å². The molecule has 7 heteroatoms. The Balaban J connectivity index is 1.70. The average molecular weight is 405 g/mol. The molecule has 4 atom stereocenters. The highest BCUT2D eigenvalue weighted by molar-refractivity contribution is 6.30. The molecule has 0 aliphatic carbocycles. The number of carbonyl (C=O) groups is 3. The van der Waals surface area contributed by atoms with Gasteiger partial charge < -0.3 is 9.64 Å². The number of ether oxygens (including phenoxy) is 1. The minimum atomic E-state index is -1.46. The second kappa shape index (κ2) is 6.67. The Morgan fingerprint density at radius 1 is 1.00 bits per heavy atom. The second-order valence-corrected chi connectivity index (χ2v) is 8.26. The Morgan fingerprint density at radius 3 is 2.47 bits per heavy atom. The maximum Gasteiger partial charge on any atom is 0.335 e. The van der Waals surface area contributed by atoms with Gasteiger partial charge in [0.25, 0.3) is 5.91 Å². The quantitative estimate of drug-likeness (QED) is 0.738. The van der Waals surface area contributed by atoms with Gasteiger partial charge in [-0.25, -0.2) is 9.69 Å². The lowest BCUT2D eigenvalue weighted by atomic mass is 9.66. The number of anilines is 2. The first-order valence-electron chi connectivity index (χ1n) is 10.2. The van der Waals surface area contributed by atoms with E-state index in [1.54, 1.807) is 24.3 Å². The van der Waals surface area contributed by atoms with E-state index in [1.807, 2.05) is 44.2 Å². The lowest BCUT2D eigenvalue weighted by Crippen LogP contribution is -2.76. The van der Waals surface area contributed by atoms with Crippen LogP contribution in [0.5, 0.6) is 0 Å². The van der Waals surface area contributed by atoms with Crippen LogP contribution in [0.1, 0.15) is 19.4 Å². The minimum absolute atomic E-state index is 0.0481. The molecule has 0 bridgehead atoms. The second-order valence-electron chi connectivity index (χ2n) is 8.26. The molecule has 0 unspecified atom stereocenters. The van der Waals surface area contributed by atoms with Gasteiger partial charge in [0.05, 0.1) is 23.9 Å². The number of morpholine rings is 1. The molecule has 4 amide bonds. The number of nitrogens with one attached hydrogen (secondary N) is 1. The van der Waals surface area contributed by atoms with Gasteiger partial charge in [-0.05, 0) is 44.0 Å². The van der Waals surface area contributed by atoms with Crippen LogP contribution in [0, 0.1) is 5.41 Å². The highest BCUT2D eigenvalue weighted by Crippen LogP contribution is 2.48. The largest absolute Gasteiger partial charge is 0.372 e. The molecule has 154 valence electrons. The number of barbiturate groups is 1. The zero-order valence-corrected chi connectivity index (χ0v) is 16.9. The monoisotopic (exact) mass is 405 g/mol. The first kappa shape index (κ1) is 18.8. The van der Waals surface area contributed by atoms with Crippen LogP contribution in [-0.4, -0.2) is 42.6 Å². The van der Waals surface area contributed by atoms with Crippen LogP contribution in [0.4, 0.5) is 16.2 Å². The zero-order valence-electron chi connectivity index (χ0n) is 16.9. The molecule has 0 radical (unpaired) electrons. The standard InChI is InChI=1S/C23H23N3O4/c1-14-13-25-18-11-7-6-8-16(18)12-23(19(25)15(2)30-14)20(27)24-22(29)26(21(23)28)17-9-4-3-5-10-17/h3-11,14-15,19H,12-13H2,1-2H3,(H,24,27,29)/t14-,15+,19-,23+/m0/s1. The molecule has 0 saturated carbocycles. The summed E-state index contributed by atoms with van der Waals surface area (Å²) in [4.78, 5) is 43.3. The number of carbonyl (C=O) groups excluding carboxylic acids is 3. The van der Waals surface area contributed by atoms with Gasteiger partial charge in [-0.15, -0.1) is 0 Å². The summed E-state index contributed by atoms with van der Waals surface area (Å²) in [5.74, 6) is -1.06. The molecule has 5 rings (SSSR count). The van der Waals surface area contributed by atoms with Gasteiger partial charge in [-0.1, -0.05) is 36.4 Å². The van der Waals surface area contributed by atoms with Crippen molar-refractivity contribution in [2.24, 2.45) is 5.41 Å². The number of imide groups is 2. The average Bonchev–Trinajstić information content (AvgIpc) is 2.72. The van der Waals surface area contributed by atoms with Crippen molar-refractivity contribution in [2.75, 3.05) is 16.3 Å². The van der Waals surface area contributed by atoms with Crippen molar-refractivity contribution in [3.63, 3.8) is 0 Å². The number of hydrogen-bond acceptors (Lipinski definition) is 5. The third-order valence-corrected chi connectivity index (χ3v) is 6.38. The number of nitrogens with zero attached hydrogens (tertiary/aromatic N) is 2. The number of amides is 4. The van der Waals surface area contributed by atoms with Gasteiger partial charge in [-0.3, -0.25) is 14.9 Å². The van der Waals surface area contributed by atoms with E-state index in [1.165, 1.54) is 0 Å². The van der Waals surface area contributed by atoms with Crippen molar-refractivity contribution in [3.8, 4) is 0 Å². The van der Waals surface area contributed by atoms with Gasteiger partial charge in [0.1, 0.15) is 0 Å². The van der Waals surface area contributed by atoms with Crippen molar-refractivity contribution in [1.82, 2.24) is 5.32 Å². The lowest BCUT2D eigenvalue weighted by molar-refractivity contribution is -0.151. The molecule has 1 spiro atoms. The molecule has 3 heterocycles. The summed E-state index contributed by atoms with van der Waals surface area (Å²) in [7, 11) is 0. The van der Waals surface area contributed by atoms with E-state index in [9.17, 15) is 14.4 Å². The van der Waals surface area contributed by atoms with Crippen molar-refractivity contribution in [1.29, 1.82) is 0 Å². The smallest absolute Gasteiger partial charge is 0.335 e. The van der Waals surface area contributed by atoms with E-state index in [4.69, 9.17) is 4.74 Å². The maximum atomic E-state index is 14.0. The molecule has 2 fully saturated rings. The van der Waals surface area contributed by atoms with Crippen LogP contribution in [0.25, 0.3) is 0 Å². The van der Waals surface area contributed by atoms with Crippen LogP contribution >= 0.6 is 0 Å². The highest BCUT2D eigenvalue weighted by atomic mass is 16.5. The van der Waals surface area contributed by atoms with Gasteiger partial charge in [0.15, 0.2) is 5.41 Å². The Kier molecular flexibility index (Phi) is 4.18. The van der Waals surface area contributed by atoms with E-state index in [2.05, 4.69) is 10.2 Å². The molecule has 3 aliphatic heterocycles. The number of fused-ring (bicyclic) bond motifs is 4. The van der Waals surface area contributed by atoms with Gasteiger partial charge in [0.2, 0.25) is 5.91 Å². The normalized spacial score (nSPS) is 30.7. The van der Waals surface area contributed by atoms with Crippen molar-refractivity contribution in [3.05, 3.63) is 60.2 Å². The SMILES string of the molecule is C[C@H]1CN2c3ccccc3C[C@]3(C(=O)NC(=O)N(c4ccccc4)C3=O)[C@@H]2[C@@H](C)O1. The van der Waals surface area contributed by atoms with Crippen molar-refractivity contribution < 1.29 is 19.1 Å². The van der Waals surface area contributed by atoms with E-state index < -0.39 is 29.3 Å². The first-order valence-corrected chi connectivity index (χ1v) is 10.2. The Labute approximate surface area is 174 Å². The molecular weight excluding hydrogens is 382 g/mol. The van der Waals surface area contributed by atoms with E-state index in [0.717, 1.165) is 16.2 Å². The molecule has 1 N–H and O–H groups in total. The zero-order chi connectivity index (χ0) is 21.0. The third-order valence-electron chi connectivity index (χ3n) is 6.38. The number of benzene rings is 2. The van der Waals surface area contributed by atoms with Crippen LogP contribution in [0.3, 0.4) is 0 Å². The van der Waals surface area contributed by atoms with E-state index in [-0.39, 0.29) is 18.6 Å². The molecule has 7 nitrogen and oxygen atoms in total. The maximum absolute atomic E-state index is 14.0. The third kappa shape index (κ3) is 2.51. The fourth-order valence-corrected chi connectivity index (χ4v) is 5.27.